The Bertz CT molecular complexity index is 2670. The number of carbonyl (C=O) groups is 3. The average molecular weight is 1480 g/mol. The first kappa shape index (κ1) is 87.3. The maximum Gasteiger partial charge on any atom is 0.305 e. The van der Waals surface area contributed by atoms with Gasteiger partial charge < -0.3 is 61.9 Å². The highest BCUT2D eigenvalue weighted by Gasteiger charge is 2.63. The highest BCUT2D eigenvalue weighted by molar-refractivity contribution is 5.70. The first-order chi connectivity index (χ1) is 48.2. The number of aliphatic hydroxyl groups is 1. The fourth-order valence-corrected chi connectivity index (χ4v) is 18.9. The summed E-state index contributed by atoms with van der Waals surface area (Å²) in [7, 11) is 0. The summed E-state index contributed by atoms with van der Waals surface area (Å²) in [6.45, 7) is 50.4. The van der Waals surface area contributed by atoms with Crippen LogP contribution in [-0.2, 0) is 90.6 Å². The molecule has 0 amide bonds. The minimum atomic E-state index is -0.890. The largest absolute Gasteiger partial charge is 0.463 e. The standard InChI is InChI=1S/C80H144N4O20/c1-23-41-97-81-68(5,6)51-77(52-69(81,7)8)93-47-59(99-77)43-89-63(85)36-32-28-25-27-31-35-39-66(88)92-46-62-50-96-80(102-62)57-74(17,18)84(75(19,20)58-80)104-76(21,22)40-42-98-82-70(9,10)53-78(54-71(82,11)12)94-48-60(100-78)44-90-64(86)37-33-29-24-26-30-34-38-65(87)91-45-61-49-95-79(101-61)55-72(13,14)83(73(15,16)56-79)103-67(2,3)4/h59-62,64,86H,23-58H2,1-22H3. The lowest BCUT2D eigenvalue weighted by atomic mass is 9.78. The van der Waals surface area contributed by atoms with Crippen molar-refractivity contribution in [3.05, 3.63) is 0 Å². The number of ether oxygens (including phenoxy) is 12. The van der Waals surface area contributed by atoms with E-state index in [9.17, 15) is 19.5 Å². The summed E-state index contributed by atoms with van der Waals surface area (Å²) in [4.78, 5) is 64.7. The molecule has 0 saturated carbocycles. The van der Waals surface area contributed by atoms with Gasteiger partial charge in [0.15, 0.2) is 29.4 Å². The van der Waals surface area contributed by atoms with Crippen LogP contribution in [0.15, 0.2) is 0 Å². The van der Waals surface area contributed by atoms with Gasteiger partial charge in [-0.15, -0.1) is 0 Å². The molecule has 0 radical (unpaired) electrons. The third kappa shape index (κ3) is 24.1. The summed E-state index contributed by atoms with van der Waals surface area (Å²) < 4.78 is 75.0. The van der Waals surface area contributed by atoms with Crippen molar-refractivity contribution in [2.24, 2.45) is 0 Å². The fourth-order valence-electron chi connectivity index (χ4n) is 18.9. The van der Waals surface area contributed by atoms with Gasteiger partial charge in [0.05, 0.1) is 57.5 Å². The van der Waals surface area contributed by atoms with Gasteiger partial charge in [-0.3, -0.25) is 33.7 Å². The molecule has 8 aliphatic heterocycles. The van der Waals surface area contributed by atoms with Gasteiger partial charge in [-0.1, -0.05) is 58.3 Å². The fraction of sp³-hybridized carbons (Fsp3) is 0.963. The Balaban J connectivity index is 0.636. The highest BCUT2D eigenvalue weighted by Crippen LogP contribution is 2.54. The smallest absolute Gasteiger partial charge is 0.305 e. The molecule has 8 saturated heterocycles. The first-order valence-corrected chi connectivity index (χ1v) is 40.1. The molecule has 5 atom stereocenters. The SMILES string of the molecule is CCCON1C(C)(C)CC2(CC1(C)C)OCC(COC(=O)CCCCCCCCC(=O)OCC1COC3(CC(C)(C)N(OC(C)(C)CCON4C(C)(C)CC5(CC4(C)C)OCC(COC(O)CCCCCCCCC(=O)OCC4COC6(CC(C)(C)N(OC(C)(C)C)C(C)(C)C6)O4)O5)C(C)(C)C3)O1)O2. The number of piperidine rings is 4. The van der Waals surface area contributed by atoms with Gasteiger partial charge in [0.2, 0.25) is 0 Å². The predicted molar refractivity (Wildman–Crippen MR) is 393 cm³/mol. The summed E-state index contributed by atoms with van der Waals surface area (Å²) in [5.74, 6) is -3.80. The number of hydrogen-bond acceptors (Lipinski definition) is 24. The van der Waals surface area contributed by atoms with Crippen LogP contribution < -0.4 is 0 Å². The number of nitrogens with zero attached hydrogens (tertiary/aromatic N) is 4. The van der Waals surface area contributed by atoms with Crippen LogP contribution in [0.3, 0.4) is 0 Å². The second-order valence-electron chi connectivity index (χ2n) is 38.5. The van der Waals surface area contributed by atoms with Crippen LogP contribution in [-0.4, -0.2) is 219 Å². The zero-order chi connectivity index (χ0) is 76.7. The molecule has 5 unspecified atom stereocenters. The van der Waals surface area contributed by atoms with Crippen LogP contribution in [0.25, 0.3) is 0 Å². The number of hydroxylamine groups is 8. The van der Waals surface area contributed by atoms with Crippen molar-refractivity contribution in [3.8, 4) is 0 Å². The Morgan fingerprint density at radius 1 is 0.394 bits per heavy atom. The third-order valence-corrected chi connectivity index (χ3v) is 21.6. The molecule has 8 fully saturated rings. The molecular weight excluding hydrogens is 1340 g/mol. The Morgan fingerprint density at radius 3 is 0.990 bits per heavy atom. The van der Waals surface area contributed by atoms with Crippen molar-refractivity contribution >= 4 is 17.9 Å². The monoisotopic (exact) mass is 1480 g/mol. The van der Waals surface area contributed by atoms with E-state index in [2.05, 4.69) is 173 Å². The molecular formula is C80H144N4O20. The van der Waals surface area contributed by atoms with Gasteiger partial charge in [-0.2, -0.15) is 20.3 Å². The number of aliphatic hydroxyl groups excluding tert-OH is 1. The lowest BCUT2D eigenvalue weighted by Crippen LogP contribution is -2.67. The van der Waals surface area contributed by atoms with E-state index in [-0.39, 0.29) is 96.5 Å². The molecule has 604 valence electrons. The van der Waals surface area contributed by atoms with Gasteiger partial charge in [-0.05, 0) is 184 Å². The summed E-state index contributed by atoms with van der Waals surface area (Å²) in [6, 6.07) is 0. The number of unbranched alkanes of at least 4 members (excludes halogenated alkanes) is 10. The van der Waals surface area contributed by atoms with Crippen LogP contribution >= 0.6 is 0 Å². The maximum atomic E-state index is 12.9. The summed E-state index contributed by atoms with van der Waals surface area (Å²) in [5.41, 5.74) is -4.06. The Kier molecular flexibility index (Phi) is 29.2. The molecule has 0 aliphatic carbocycles. The molecule has 8 aliphatic rings. The van der Waals surface area contributed by atoms with E-state index in [4.69, 9.17) is 76.2 Å². The van der Waals surface area contributed by atoms with Crippen molar-refractivity contribution < 1.29 is 95.7 Å². The normalized spacial score (nSPS) is 28.2. The van der Waals surface area contributed by atoms with Crippen molar-refractivity contribution in [1.82, 2.24) is 20.3 Å². The van der Waals surface area contributed by atoms with Gasteiger partial charge in [0.25, 0.3) is 0 Å². The van der Waals surface area contributed by atoms with Crippen LogP contribution in [0.2, 0.25) is 0 Å². The van der Waals surface area contributed by atoms with E-state index < -0.39 is 57.2 Å². The second-order valence-corrected chi connectivity index (χ2v) is 38.5. The molecule has 0 bridgehead atoms. The zero-order valence-corrected chi connectivity index (χ0v) is 68.8. The summed E-state index contributed by atoms with van der Waals surface area (Å²) >= 11 is 0. The highest BCUT2D eigenvalue weighted by atomic mass is 16.8. The minimum Gasteiger partial charge on any atom is -0.463 e. The van der Waals surface area contributed by atoms with Gasteiger partial charge in [0, 0.05) is 121 Å². The van der Waals surface area contributed by atoms with Crippen LogP contribution in [0.4, 0.5) is 0 Å². The van der Waals surface area contributed by atoms with Gasteiger partial charge >= 0.3 is 17.9 Å². The molecule has 1 N–H and O–H groups in total. The van der Waals surface area contributed by atoms with Crippen molar-refractivity contribution in [2.45, 2.75) is 429 Å². The van der Waals surface area contributed by atoms with E-state index in [1.165, 1.54) is 0 Å². The number of rotatable bonds is 37. The van der Waals surface area contributed by atoms with Crippen LogP contribution in [0.1, 0.15) is 319 Å². The van der Waals surface area contributed by atoms with E-state index in [0.29, 0.717) is 123 Å². The lowest BCUT2D eigenvalue weighted by Gasteiger charge is -2.58. The van der Waals surface area contributed by atoms with E-state index >= 15 is 0 Å². The van der Waals surface area contributed by atoms with E-state index in [1.54, 1.807) is 0 Å². The quantitative estimate of drug-likeness (QED) is 0.0264. The lowest BCUT2D eigenvalue weighted by molar-refractivity contribution is -0.374. The molecule has 8 rings (SSSR count). The van der Waals surface area contributed by atoms with E-state index in [0.717, 1.165) is 83.5 Å². The van der Waals surface area contributed by atoms with Crippen LogP contribution in [0.5, 0.6) is 0 Å². The molecule has 0 aromatic heterocycles. The summed E-state index contributed by atoms with van der Waals surface area (Å²) in [5, 5.41) is 19.3. The van der Waals surface area contributed by atoms with Crippen molar-refractivity contribution in [1.29, 1.82) is 0 Å². The van der Waals surface area contributed by atoms with E-state index in [1.807, 2.05) is 0 Å². The first-order valence-electron chi connectivity index (χ1n) is 40.1. The van der Waals surface area contributed by atoms with Gasteiger partial charge in [0.1, 0.15) is 44.2 Å². The topological polar surface area (TPSA) is 232 Å². The molecule has 104 heavy (non-hydrogen) atoms. The molecule has 8 heterocycles. The van der Waals surface area contributed by atoms with Gasteiger partial charge in [-0.25, -0.2) is 0 Å². The molecule has 0 aromatic carbocycles. The molecule has 4 spiro atoms. The molecule has 24 nitrogen and oxygen atoms in total. The minimum absolute atomic E-state index is 0.140. The van der Waals surface area contributed by atoms with Crippen molar-refractivity contribution in [3.63, 3.8) is 0 Å². The molecule has 0 aromatic rings. The maximum absolute atomic E-state index is 12.9. The number of hydrogen-bond donors (Lipinski definition) is 1. The van der Waals surface area contributed by atoms with Crippen LogP contribution in [0, 0.1) is 0 Å². The molecule has 24 heteroatoms. The number of carbonyl (C=O) groups excluding carboxylic acids is 3. The zero-order valence-electron chi connectivity index (χ0n) is 68.8. The Labute approximate surface area is 625 Å². The summed E-state index contributed by atoms with van der Waals surface area (Å²) in [6.07, 6.45) is 16.7. The third-order valence-electron chi connectivity index (χ3n) is 21.6. The predicted octanol–water partition coefficient (Wildman–Crippen LogP) is 14.4. The van der Waals surface area contributed by atoms with Crippen molar-refractivity contribution in [2.75, 3.05) is 66.1 Å². The number of esters is 3. The Morgan fingerprint density at radius 2 is 0.673 bits per heavy atom. The second kappa shape index (κ2) is 34.8. The Hall–Kier alpha value is -2.31. The average Bonchev–Trinajstić information content (AvgIpc) is 1.72.